The van der Waals surface area contributed by atoms with Crippen LogP contribution in [0.25, 0.3) is 11.1 Å². The number of anilines is 1. The van der Waals surface area contributed by atoms with E-state index < -0.39 is 5.97 Å². The average Bonchev–Trinajstić information content (AvgIpc) is 3.48. The predicted octanol–water partition coefficient (Wildman–Crippen LogP) is 3.53. The van der Waals surface area contributed by atoms with Crippen molar-refractivity contribution in [1.82, 2.24) is 4.90 Å². The lowest BCUT2D eigenvalue weighted by Crippen LogP contribution is -2.35. The second-order valence-electron chi connectivity index (χ2n) is 6.64. The zero-order chi connectivity index (χ0) is 20.8. The highest BCUT2D eigenvalue weighted by Crippen LogP contribution is 2.37. The third-order valence-electron chi connectivity index (χ3n) is 4.61. The van der Waals surface area contributed by atoms with Gasteiger partial charge in [-0.2, -0.15) is 5.26 Å². The molecule has 0 radical (unpaired) electrons. The third-order valence-corrected chi connectivity index (χ3v) is 5.50. The van der Waals surface area contributed by atoms with Gasteiger partial charge in [0.25, 0.3) is 0 Å². The van der Waals surface area contributed by atoms with Gasteiger partial charge in [-0.25, -0.2) is 4.79 Å². The van der Waals surface area contributed by atoms with Gasteiger partial charge in [-0.3, -0.25) is 9.69 Å². The summed E-state index contributed by atoms with van der Waals surface area (Å²) in [5.74, 6) is -0.0142. The van der Waals surface area contributed by atoms with Crippen molar-refractivity contribution in [2.45, 2.75) is 25.8 Å². The molecular formula is C21H23N3O4S. The number of nitriles is 1. The highest BCUT2D eigenvalue weighted by atomic mass is 32.1. The first-order valence-electron chi connectivity index (χ1n) is 9.41. The van der Waals surface area contributed by atoms with Crippen LogP contribution in [0.4, 0.5) is 5.00 Å². The van der Waals surface area contributed by atoms with E-state index in [1.54, 1.807) is 14.0 Å². The maximum atomic E-state index is 12.6. The Morgan fingerprint density at radius 2 is 2.03 bits per heavy atom. The summed E-state index contributed by atoms with van der Waals surface area (Å²) in [7, 11) is 1.59. The Bertz CT molecular complexity index is 913. The number of ether oxygens (including phenoxy) is 2. The molecule has 1 N–H and O–H groups in total. The Hall–Kier alpha value is -2.89. The lowest BCUT2D eigenvalue weighted by Gasteiger charge is -2.17. The molecule has 0 atom stereocenters. The number of rotatable bonds is 9. The van der Waals surface area contributed by atoms with Crippen molar-refractivity contribution < 1.29 is 19.1 Å². The van der Waals surface area contributed by atoms with Crippen LogP contribution in [-0.2, 0) is 9.53 Å². The Morgan fingerprint density at radius 3 is 2.62 bits per heavy atom. The number of benzene rings is 1. The fourth-order valence-electron chi connectivity index (χ4n) is 3.03. The standard InChI is InChI=1S/C21H23N3O4S/c1-3-28-21(26)19-17(14-4-8-16(27-2)9-5-14)13-29-20(19)23-18(25)12-24(11-10-22)15-6-7-15/h4-5,8-9,13,15H,3,6-7,11-12H2,1-2H3,(H,23,25). The molecule has 152 valence electrons. The number of amides is 1. The number of carbonyl (C=O) groups is 2. The minimum Gasteiger partial charge on any atom is -0.497 e. The van der Waals surface area contributed by atoms with Gasteiger partial charge in [0.2, 0.25) is 5.91 Å². The molecule has 1 heterocycles. The van der Waals surface area contributed by atoms with Gasteiger partial charge in [-0.15, -0.1) is 11.3 Å². The molecule has 1 aliphatic carbocycles. The van der Waals surface area contributed by atoms with Crippen molar-refractivity contribution in [3.63, 3.8) is 0 Å². The van der Waals surface area contributed by atoms with Crippen LogP contribution in [0.1, 0.15) is 30.1 Å². The molecule has 1 saturated carbocycles. The van der Waals surface area contributed by atoms with Crippen molar-refractivity contribution in [2.24, 2.45) is 0 Å². The second-order valence-corrected chi connectivity index (χ2v) is 7.52. The lowest BCUT2D eigenvalue weighted by atomic mass is 10.0. The van der Waals surface area contributed by atoms with E-state index in [1.807, 2.05) is 34.5 Å². The van der Waals surface area contributed by atoms with Gasteiger partial charge in [-0.1, -0.05) is 12.1 Å². The minimum absolute atomic E-state index is 0.121. The van der Waals surface area contributed by atoms with Gasteiger partial charge < -0.3 is 14.8 Å². The molecule has 1 amide bonds. The molecule has 1 fully saturated rings. The van der Waals surface area contributed by atoms with E-state index in [9.17, 15) is 9.59 Å². The first-order chi connectivity index (χ1) is 14.1. The predicted molar refractivity (Wildman–Crippen MR) is 111 cm³/mol. The van der Waals surface area contributed by atoms with Crippen molar-refractivity contribution in [1.29, 1.82) is 5.26 Å². The maximum absolute atomic E-state index is 12.6. The molecular weight excluding hydrogens is 390 g/mol. The molecule has 0 aliphatic heterocycles. The summed E-state index contributed by atoms with van der Waals surface area (Å²) in [4.78, 5) is 27.0. The maximum Gasteiger partial charge on any atom is 0.341 e. The molecule has 7 nitrogen and oxygen atoms in total. The van der Waals surface area contributed by atoms with Crippen molar-refractivity contribution >= 4 is 28.2 Å². The van der Waals surface area contributed by atoms with Crippen LogP contribution >= 0.6 is 11.3 Å². The van der Waals surface area contributed by atoms with Gasteiger partial charge in [-0.05, 0) is 37.5 Å². The van der Waals surface area contributed by atoms with E-state index in [0.29, 0.717) is 27.9 Å². The summed E-state index contributed by atoms with van der Waals surface area (Å²) < 4.78 is 10.4. The van der Waals surface area contributed by atoms with Crippen LogP contribution in [0.15, 0.2) is 29.6 Å². The number of nitrogens with one attached hydrogen (secondary N) is 1. The second kappa shape index (κ2) is 9.54. The van der Waals surface area contributed by atoms with Crippen LogP contribution in [0.2, 0.25) is 0 Å². The number of thiophene rings is 1. The van der Waals surface area contributed by atoms with Crippen LogP contribution in [-0.4, -0.2) is 49.6 Å². The van der Waals surface area contributed by atoms with E-state index >= 15 is 0 Å². The molecule has 1 aliphatic rings. The highest BCUT2D eigenvalue weighted by Gasteiger charge is 2.30. The van der Waals surface area contributed by atoms with E-state index in [4.69, 9.17) is 14.7 Å². The quantitative estimate of drug-likeness (QED) is 0.499. The van der Waals surface area contributed by atoms with Crippen LogP contribution in [0.5, 0.6) is 5.75 Å². The Morgan fingerprint density at radius 1 is 1.31 bits per heavy atom. The number of nitrogens with zero attached hydrogens (tertiary/aromatic N) is 2. The van der Waals surface area contributed by atoms with E-state index in [-0.39, 0.29) is 25.6 Å². The fourth-order valence-corrected chi connectivity index (χ4v) is 4.01. The number of methoxy groups -OCH3 is 1. The van der Waals surface area contributed by atoms with Crippen molar-refractivity contribution in [3.8, 4) is 22.9 Å². The number of carbonyl (C=O) groups excluding carboxylic acids is 2. The van der Waals surface area contributed by atoms with Gasteiger partial charge in [0.05, 0.1) is 32.9 Å². The van der Waals surface area contributed by atoms with Gasteiger partial charge in [0, 0.05) is 17.0 Å². The molecule has 29 heavy (non-hydrogen) atoms. The summed E-state index contributed by atoms with van der Waals surface area (Å²) in [6.45, 7) is 2.31. The first kappa shape index (κ1) is 20.8. The fraction of sp³-hybridized carbons (Fsp3) is 0.381. The Balaban J connectivity index is 1.83. The van der Waals surface area contributed by atoms with Gasteiger partial charge >= 0.3 is 5.97 Å². The average molecular weight is 413 g/mol. The van der Waals surface area contributed by atoms with Crippen LogP contribution in [0.3, 0.4) is 0 Å². The van der Waals surface area contributed by atoms with E-state index in [0.717, 1.165) is 18.4 Å². The van der Waals surface area contributed by atoms with Crippen molar-refractivity contribution in [2.75, 3.05) is 32.1 Å². The highest BCUT2D eigenvalue weighted by molar-refractivity contribution is 7.15. The SMILES string of the molecule is CCOC(=O)c1c(-c2ccc(OC)cc2)csc1NC(=O)CN(CC#N)C1CC1. The summed E-state index contributed by atoms with van der Waals surface area (Å²) in [6, 6.07) is 9.74. The minimum atomic E-state index is -0.481. The molecule has 1 aromatic heterocycles. The van der Waals surface area contributed by atoms with Gasteiger partial charge in [0.15, 0.2) is 0 Å². The monoisotopic (exact) mass is 413 g/mol. The van der Waals surface area contributed by atoms with Crippen LogP contribution in [0, 0.1) is 11.3 Å². The molecule has 0 saturated heterocycles. The topological polar surface area (TPSA) is 91.7 Å². The van der Waals surface area contributed by atoms with Crippen molar-refractivity contribution in [3.05, 3.63) is 35.2 Å². The van der Waals surface area contributed by atoms with Gasteiger partial charge in [0.1, 0.15) is 16.3 Å². The Labute approximate surface area is 173 Å². The summed E-state index contributed by atoms with van der Waals surface area (Å²) in [5, 5.41) is 14.1. The largest absolute Gasteiger partial charge is 0.497 e. The third kappa shape index (κ3) is 5.13. The molecule has 0 bridgehead atoms. The summed E-state index contributed by atoms with van der Waals surface area (Å²) in [6.07, 6.45) is 2.01. The summed E-state index contributed by atoms with van der Waals surface area (Å²) in [5.41, 5.74) is 1.87. The smallest absolute Gasteiger partial charge is 0.341 e. The number of hydrogen-bond acceptors (Lipinski definition) is 7. The molecule has 3 rings (SSSR count). The molecule has 2 aromatic rings. The molecule has 1 aromatic carbocycles. The number of hydrogen-bond donors (Lipinski definition) is 1. The Kier molecular flexibility index (Phi) is 6.86. The molecule has 8 heteroatoms. The normalized spacial score (nSPS) is 13.0. The first-order valence-corrected chi connectivity index (χ1v) is 10.3. The van der Waals surface area contributed by atoms with Crippen LogP contribution < -0.4 is 10.1 Å². The lowest BCUT2D eigenvalue weighted by molar-refractivity contribution is -0.117. The zero-order valence-corrected chi connectivity index (χ0v) is 17.3. The van der Waals surface area contributed by atoms with E-state index in [2.05, 4.69) is 11.4 Å². The number of esters is 1. The summed E-state index contributed by atoms with van der Waals surface area (Å²) >= 11 is 1.28. The zero-order valence-electron chi connectivity index (χ0n) is 16.4. The molecule has 0 spiro atoms. The molecule has 0 unspecified atom stereocenters. The van der Waals surface area contributed by atoms with E-state index in [1.165, 1.54) is 11.3 Å².